The molecule has 3 atom stereocenters. The number of esters is 2. The second-order valence-corrected chi connectivity index (χ2v) is 14.1. The Morgan fingerprint density at radius 3 is 2.33 bits per heavy atom. The molecule has 0 N–H and O–H groups in total. The van der Waals surface area contributed by atoms with Crippen molar-refractivity contribution >= 4 is 38.6 Å². The summed E-state index contributed by atoms with van der Waals surface area (Å²) in [4.78, 5) is 33.5. The van der Waals surface area contributed by atoms with Crippen molar-refractivity contribution in [2.75, 3.05) is 19.1 Å². The van der Waals surface area contributed by atoms with Crippen molar-refractivity contribution in [1.82, 2.24) is 10.1 Å². The molecule has 4 heterocycles. The van der Waals surface area contributed by atoms with E-state index in [4.69, 9.17) is 23.7 Å². The first-order chi connectivity index (χ1) is 20.5. The number of methoxy groups -OCH3 is 2. The first kappa shape index (κ1) is 26.5. The molecule has 0 radical (unpaired) electrons. The van der Waals surface area contributed by atoms with Gasteiger partial charge in [-0.05, 0) is 82.3 Å². The molecule has 4 saturated carbocycles. The van der Waals surface area contributed by atoms with Crippen molar-refractivity contribution < 1.29 is 28.3 Å². The van der Waals surface area contributed by atoms with E-state index in [-0.39, 0.29) is 29.6 Å². The summed E-state index contributed by atoms with van der Waals surface area (Å²) in [5, 5.41) is 5.53. The third-order valence-electron chi connectivity index (χ3n) is 10.7. The standard InChI is InChI=1S/C32H37N3O6S/c1-38-23-13-19(29(36)39-2)14-24-26(23)33-31(42-24)35-20-5-6-21(35)16-22(15-20)40-30(37)25-27(18-3-4-18)41-34-28(25)32-10-7-17(8-11-32)9-12-32/h13-14,17-18,20-22H,3-12,15-16H2,1-2H3/t17?,20-,21+,22+,32?. The molecule has 0 unspecified atom stereocenters. The number of ether oxygens (including phenoxy) is 3. The number of carbonyl (C=O) groups is 2. The second-order valence-electron chi connectivity index (χ2n) is 13.1. The lowest BCUT2D eigenvalue weighted by molar-refractivity contribution is 0.0195. The van der Waals surface area contributed by atoms with Crippen LogP contribution in [0.25, 0.3) is 10.2 Å². The van der Waals surface area contributed by atoms with Gasteiger partial charge in [-0.1, -0.05) is 16.5 Å². The maximum atomic E-state index is 13.9. The highest BCUT2D eigenvalue weighted by molar-refractivity contribution is 7.22. The van der Waals surface area contributed by atoms with Gasteiger partial charge in [-0.3, -0.25) is 0 Å². The fraction of sp³-hybridized carbons (Fsp3) is 0.625. The van der Waals surface area contributed by atoms with Crippen LogP contribution in [0.1, 0.15) is 115 Å². The van der Waals surface area contributed by atoms with Crippen LogP contribution in [0.5, 0.6) is 5.75 Å². The number of benzene rings is 1. The lowest BCUT2D eigenvalue weighted by atomic mass is 9.59. The predicted octanol–water partition coefficient (Wildman–Crippen LogP) is 6.54. The molecular weight excluding hydrogens is 554 g/mol. The average molecular weight is 592 g/mol. The fourth-order valence-corrected chi connectivity index (χ4v) is 9.49. The van der Waals surface area contributed by atoms with Crippen LogP contribution < -0.4 is 9.64 Å². The van der Waals surface area contributed by atoms with E-state index in [1.807, 2.05) is 6.07 Å². The molecule has 4 bridgehead atoms. The molecule has 6 aliphatic rings. The number of piperidine rings is 1. The van der Waals surface area contributed by atoms with Gasteiger partial charge in [0, 0.05) is 36.3 Å². The summed E-state index contributed by atoms with van der Waals surface area (Å²) < 4.78 is 23.7. The zero-order valence-corrected chi connectivity index (χ0v) is 25.0. The van der Waals surface area contributed by atoms with Crippen molar-refractivity contribution in [1.29, 1.82) is 0 Å². The van der Waals surface area contributed by atoms with Gasteiger partial charge >= 0.3 is 11.9 Å². The average Bonchev–Trinajstić information content (AvgIpc) is 3.50. The molecule has 6 fully saturated rings. The predicted molar refractivity (Wildman–Crippen MR) is 157 cm³/mol. The van der Waals surface area contributed by atoms with Gasteiger partial charge in [-0.15, -0.1) is 0 Å². The van der Waals surface area contributed by atoms with E-state index in [1.165, 1.54) is 26.4 Å². The smallest absolute Gasteiger partial charge is 0.344 e. The van der Waals surface area contributed by atoms with Gasteiger partial charge in [0.1, 0.15) is 28.6 Å². The molecule has 10 heteroatoms. The van der Waals surface area contributed by atoms with Gasteiger partial charge in [0.25, 0.3) is 0 Å². The monoisotopic (exact) mass is 591 g/mol. The van der Waals surface area contributed by atoms with E-state index < -0.39 is 5.97 Å². The van der Waals surface area contributed by atoms with Gasteiger partial charge < -0.3 is 23.6 Å². The van der Waals surface area contributed by atoms with Crippen LogP contribution in [-0.2, 0) is 14.9 Å². The molecule has 0 amide bonds. The number of hydrogen-bond acceptors (Lipinski definition) is 10. The lowest BCUT2D eigenvalue weighted by Crippen LogP contribution is -2.46. The SMILES string of the molecule is COC(=O)c1cc(OC)c2nc(N3[C@@H]4CC[C@H]3C[C@@H](OC(=O)c3c(C56CCC(CC5)CC6)noc3C3CC3)C4)sc2c1. The van der Waals surface area contributed by atoms with Gasteiger partial charge in [-0.25, -0.2) is 14.6 Å². The largest absolute Gasteiger partial charge is 0.494 e. The Morgan fingerprint density at radius 1 is 0.976 bits per heavy atom. The highest BCUT2D eigenvalue weighted by atomic mass is 32.1. The minimum atomic E-state index is -0.399. The molecule has 9 rings (SSSR count). The first-order valence-electron chi connectivity index (χ1n) is 15.5. The topological polar surface area (TPSA) is 104 Å². The number of thiazole rings is 1. The van der Waals surface area contributed by atoms with Gasteiger partial charge in [0.2, 0.25) is 0 Å². The molecule has 2 saturated heterocycles. The van der Waals surface area contributed by atoms with Crippen molar-refractivity contribution in [3.8, 4) is 5.75 Å². The molecule has 0 spiro atoms. The Kier molecular flexibility index (Phi) is 6.28. The number of nitrogens with zero attached hydrogens (tertiary/aromatic N) is 3. The number of rotatable bonds is 7. The van der Waals surface area contributed by atoms with Gasteiger partial charge in [0.05, 0.1) is 24.5 Å². The fourth-order valence-electron chi connectivity index (χ4n) is 8.33. The van der Waals surface area contributed by atoms with E-state index in [2.05, 4.69) is 10.1 Å². The number of fused-ring (bicyclic) bond motifs is 6. The summed E-state index contributed by atoms with van der Waals surface area (Å²) in [6.07, 6.45) is 12.6. The van der Waals surface area contributed by atoms with Crippen LogP contribution in [-0.4, -0.2) is 54.5 Å². The van der Waals surface area contributed by atoms with Crippen molar-refractivity contribution in [2.45, 2.75) is 107 Å². The molecular formula is C32H37N3O6S. The van der Waals surface area contributed by atoms with Gasteiger partial charge in [0.15, 0.2) is 10.9 Å². The number of carbonyl (C=O) groups excluding carboxylic acids is 2. The van der Waals surface area contributed by atoms with Crippen LogP contribution >= 0.6 is 11.3 Å². The Hall–Kier alpha value is -3.14. The molecule has 222 valence electrons. The molecule has 2 aliphatic heterocycles. The van der Waals surface area contributed by atoms with Crippen molar-refractivity contribution in [2.24, 2.45) is 5.92 Å². The minimum Gasteiger partial charge on any atom is -0.494 e. The van der Waals surface area contributed by atoms with Crippen molar-refractivity contribution in [3.05, 3.63) is 34.7 Å². The molecule has 3 aromatic rings. The lowest BCUT2D eigenvalue weighted by Gasteiger charge is -2.45. The van der Waals surface area contributed by atoms with Crippen LogP contribution in [0.15, 0.2) is 16.7 Å². The second kappa shape index (κ2) is 9.96. The molecule has 1 aromatic carbocycles. The van der Waals surface area contributed by atoms with Crippen LogP contribution in [0.3, 0.4) is 0 Å². The van der Waals surface area contributed by atoms with E-state index in [1.54, 1.807) is 24.5 Å². The minimum absolute atomic E-state index is 0.0240. The summed E-state index contributed by atoms with van der Waals surface area (Å²) in [7, 11) is 2.97. The van der Waals surface area contributed by atoms with E-state index in [9.17, 15) is 9.59 Å². The summed E-state index contributed by atoms with van der Waals surface area (Å²) >= 11 is 1.57. The van der Waals surface area contributed by atoms with Gasteiger partial charge in [-0.2, -0.15) is 0 Å². The highest BCUT2D eigenvalue weighted by Gasteiger charge is 2.49. The number of aromatic nitrogens is 2. The summed E-state index contributed by atoms with van der Waals surface area (Å²) in [6, 6.07) is 3.99. The Balaban J connectivity index is 1.03. The molecule has 4 aliphatic carbocycles. The molecule has 2 aromatic heterocycles. The zero-order chi connectivity index (χ0) is 28.6. The summed E-state index contributed by atoms with van der Waals surface area (Å²) in [5.74, 6) is 1.85. The van der Waals surface area contributed by atoms with Crippen molar-refractivity contribution in [3.63, 3.8) is 0 Å². The Labute approximate surface area is 248 Å². The maximum absolute atomic E-state index is 13.9. The number of hydrogen-bond donors (Lipinski definition) is 0. The third kappa shape index (κ3) is 4.23. The number of anilines is 1. The van der Waals surface area contributed by atoms with Crippen LogP contribution in [0.2, 0.25) is 0 Å². The van der Waals surface area contributed by atoms with Crippen LogP contribution in [0, 0.1) is 5.92 Å². The normalized spacial score (nSPS) is 30.1. The quantitative estimate of drug-likeness (QED) is 0.283. The Morgan fingerprint density at radius 2 is 1.69 bits per heavy atom. The zero-order valence-electron chi connectivity index (χ0n) is 24.2. The van der Waals surface area contributed by atoms with Crippen LogP contribution in [0.4, 0.5) is 5.13 Å². The van der Waals surface area contributed by atoms with E-state index in [0.717, 1.165) is 90.5 Å². The summed E-state index contributed by atoms with van der Waals surface area (Å²) in [6.45, 7) is 0. The summed E-state index contributed by atoms with van der Waals surface area (Å²) in [5.41, 5.74) is 2.73. The Bertz CT molecular complexity index is 1520. The molecule has 9 nitrogen and oxygen atoms in total. The van der Waals surface area contributed by atoms with E-state index in [0.29, 0.717) is 22.8 Å². The van der Waals surface area contributed by atoms with E-state index >= 15 is 0 Å². The maximum Gasteiger partial charge on any atom is 0.344 e. The molecule has 42 heavy (non-hydrogen) atoms. The highest BCUT2D eigenvalue weighted by Crippen LogP contribution is 2.54. The third-order valence-corrected chi connectivity index (χ3v) is 11.8. The first-order valence-corrected chi connectivity index (χ1v) is 16.3.